The minimum absolute atomic E-state index is 0.395. The van der Waals surface area contributed by atoms with Gasteiger partial charge in [-0.1, -0.05) is 0 Å². The Morgan fingerprint density at radius 1 is 0.514 bits per heavy atom. The van der Waals surface area contributed by atoms with Gasteiger partial charge < -0.3 is 29.4 Å². The van der Waals surface area contributed by atoms with E-state index in [1.807, 2.05) is 0 Å². The molecule has 23 heteroatoms. The van der Waals surface area contributed by atoms with Crippen molar-refractivity contribution in [3.8, 4) is 0 Å². The molecule has 0 fully saturated rings. The van der Waals surface area contributed by atoms with Gasteiger partial charge in [0.2, 0.25) is 0 Å². The summed E-state index contributed by atoms with van der Waals surface area (Å²) in [6.07, 6.45) is -0.395. The van der Waals surface area contributed by atoms with Crippen LogP contribution in [0.25, 0.3) is 21.5 Å². The third kappa shape index (κ3) is 11.9. The molecule has 6 heterocycles. The van der Waals surface area contributed by atoms with E-state index in [2.05, 4.69) is 157 Å². The molecule has 2 aromatic heterocycles. The summed E-state index contributed by atoms with van der Waals surface area (Å²) in [6.45, 7) is 6.82. The van der Waals surface area contributed by atoms with E-state index in [0.29, 0.717) is 11.7 Å². The third-order valence-electron chi connectivity index (χ3n) is 10.8. The Balaban J connectivity index is 0.000000377. The molecule has 6 aromatic carbocycles. The molecule has 72 heavy (non-hydrogen) atoms. The standard InChI is InChI=1S/C46H30N8S2.3CH5O3P.Pb/c1-25-15-19-27(20-16-25)55-35-23-24-36(56-28-21-17-26(2)18-22-28)38-37(35)45-52-43-33-13-7-5-11-31(33)41(50-43)48-39-29-9-3-4-10-30(29)40(47-39)49-42-32-12-6-8-14-34(32)44(51-42)53-46(38)54-45;3*1-5(2,3)4;/h3-24,45,52H,1-2H3;3*1H3,(H2,2,3,4);/q-2;;;;+2. The van der Waals surface area contributed by atoms with Crippen LogP contribution in [0.2, 0.25) is 0 Å². The quantitative estimate of drug-likeness (QED) is 0.0645. The van der Waals surface area contributed by atoms with Gasteiger partial charge in [-0.25, -0.2) is 0 Å². The molecule has 366 valence electrons. The molecule has 6 bridgehead atoms. The maximum atomic E-state index is 9.33. The van der Waals surface area contributed by atoms with Gasteiger partial charge in [0.25, 0.3) is 0 Å². The van der Waals surface area contributed by atoms with E-state index in [4.69, 9.17) is 54.3 Å². The van der Waals surface area contributed by atoms with Crippen LogP contribution in [-0.4, -0.2) is 96.4 Å². The summed E-state index contributed by atoms with van der Waals surface area (Å²) in [5.74, 6) is 4.01. The molecule has 12 rings (SSSR count). The number of aryl methyl sites for hydroxylation is 2. The molecule has 0 amide bonds. The Morgan fingerprint density at radius 3 is 1.47 bits per heavy atom. The summed E-state index contributed by atoms with van der Waals surface area (Å²) in [6, 6.07) is 47.5. The van der Waals surface area contributed by atoms with Gasteiger partial charge >= 0.3 is 374 Å². The SMILES string of the molecule is CP(=O)(O)O.CP(=O)(O)O.CP(=O)(O)O.Cc1ccc(Sc2ccc(Sc3ccc(C)cc3)c3c2C2=NC3Nc3c4ccccc4c4[n]3[Pb][n]3c(c5ccccc5c3=N2)=NC2=NC(=N4)c3ccccc32)cc1. The normalized spacial score (nSPS) is 15.0. The zero-order valence-electron chi connectivity index (χ0n) is 39.0. The first-order valence-electron chi connectivity index (χ1n) is 21.9. The molecule has 4 aliphatic heterocycles. The Morgan fingerprint density at radius 2 is 0.944 bits per heavy atom. The van der Waals surface area contributed by atoms with Crippen LogP contribution in [0.3, 0.4) is 0 Å². The maximum absolute atomic E-state index is 9.33. The van der Waals surface area contributed by atoms with E-state index in [-0.39, 0.29) is 0 Å². The number of aliphatic imine (C=N–C) groups is 3. The molecule has 1 atom stereocenters. The van der Waals surface area contributed by atoms with Gasteiger partial charge in [0.15, 0.2) is 0 Å². The summed E-state index contributed by atoms with van der Waals surface area (Å²) in [5, 5.41) is 8.33. The first-order valence-corrected chi connectivity index (χ1v) is 33.2. The van der Waals surface area contributed by atoms with E-state index >= 15 is 0 Å². The van der Waals surface area contributed by atoms with Crippen LogP contribution in [0.5, 0.6) is 0 Å². The molecule has 2 radical (unpaired) electrons. The van der Waals surface area contributed by atoms with Gasteiger partial charge in [0, 0.05) is 20.0 Å². The first-order chi connectivity index (χ1) is 34.0. The summed E-state index contributed by atoms with van der Waals surface area (Å²) in [4.78, 5) is 77.6. The molecule has 0 saturated heterocycles. The number of hydrogen-bond donors (Lipinski definition) is 7. The van der Waals surface area contributed by atoms with Crippen LogP contribution in [0.15, 0.2) is 178 Å². The minimum atomic E-state index is -3.64. The van der Waals surface area contributed by atoms with Gasteiger partial charge in [0.05, 0.1) is 0 Å². The van der Waals surface area contributed by atoms with Crippen LogP contribution in [0.1, 0.15) is 39.5 Å². The van der Waals surface area contributed by atoms with Crippen molar-refractivity contribution >= 4 is 122 Å². The zero-order chi connectivity index (χ0) is 51.3. The third-order valence-corrected chi connectivity index (χ3v) is 17.9. The van der Waals surface area contributed by atoms with Crippen molar-refractivity contribution < 1.29 is 43.1 Å². The van der Waals surface area contributed by atoms with Crippen molar-refractivity contribution in [2.24, 2.45) is 25.0 Å². The Hall–Kier alpha value is -5.12. The fourth-order valence-electron chi connectivity index (χ4n) is 8.07. The number of nitrogens with one attached hydrogen (secondary N) is 1. The summed E-state index contributed by atoms with van der Waals surface area (Å²) in [7, 11) is -10.9. The van der Waals surface area contributed by atoms with Crippen LogP contribution < -0.4 is 16.3 Å². The summed E-state index contributed by atoms with van der Waals surface area (Å²) < 4.78 is 32.9. The number of fused-ring (bicyclic) bond motifs is 14. The van der Waals surface area contributed by atoms with Crippen molar-refractivity contribution in [3.63, 3.8) is 0 Å². The Kier molecular flexibility index (Phi) is 14.9. The molecule has 4 aliphatic rings. The fourth-order valence-corrected chi connectivity index (χ4v) is 15.0. The number of amidine groups is 3. The van der Waals surface area contributed by atoms with Crippen LogP contribution in [0, 0.1) is 13.8 Å². The van der Waals surface area contributed by atoms with E-state index in [0.717, 1.165) is 102 Å². The predicted octanol–water partition coefficient (Wildman–Crippen LogP) is 8.80. The topological polar surface area (TPSA) is 256 Å². The molecule has 0 spiro atoms. The van der Waals surface area contributed by atoms with Gasteiger partial charge in [0.1, 0.15) is 0 Å². The van der Waals surface area contributed by atoms with Crippen LogP contribution in [0.4, 0.5) is 11.6 Å². The molecular weight excluding hydrogens is 1210 g/mol. The second kappa shape index (κ2) is 20.7. The second-order valence-electron chi connectivity index (χ2n) is 17.0. The molecule has 0 saturated carbocycles. The van der Waals surface area contributed by atoms with Crippen molar-refractivity contribution in [2.75, 3.05) is 25.3 Å². The van der Waals surface area contributed by atoms with Crippen LogP contribution in [-0.2, 0) is 13.7 Å². The van der Waals surface area contributed by atoms with Crippen molar-refractivity contribution in [2.45, 2.75) is 39.6 Å². The second-order valence-corrected chi connectivity index (χ2v) is 28.5. The number of benzene rings is 6. The van der Waals surface area contributed by atoms with Gasteiger partial charge in [-0.05, 0) is 0 Å². The summed E-state index contributed by atoms with van der Waals surface area (Å²) >= 11 is 1.37. The van der Waals surface area contributed by atoms with Gasteiger partial charge in [-0.15, -0.1) is 0 Å². The van der Waals surface area contributed by atoms with Gasteiger partial charge in [-0.3, -0.25) is 13.7 Å². The van der Waals surface area contributed by atoms with Crippen molar-refractivity contribution in [3.05, 3.63) is 178 Å². The monoisotopic (exact) mass is 1250 g/mol. The average Bonchev–Trinajstić information content (AvgIpc) is 4.01. The average molecular weight is 1250 g/mol. The van der Waals surface area contributed by atoms with E-state index < -0.39 is 53.8 Å². The number of hydrogen-bond acceptors (Lipinski definition) is 11. The van der Waals surface area contributed by atoms with E-state index in [9.17, 15) is 13.7 Å². The Bertz CT molecular complexity index is 3780. The molecule has 7 N–H and O–H groups in total. The van der Waals surface area contributed by atoms with Crippen molar-refractivity contribution in [1.82, 2.24) is 4.75 Å². The molecular formula is C49H45N8O9P3PbS2. The van der Waals surface area contributed by atoms with E-state index in [1.165, 1.54) is 20.9 Å². The summed E-state index contributed by atoms with van der Waals surface area (Å²) in [5.41, 5.74) is 8.41. The van der Waals surface area contributed by atoms with Gasteiger partial charge in [-0.2, -0.15) is 0 Å². The molecule has 8 aromatic rings. The molecule has 1 unspecified atom stereocenters. The fraction of sp³-hybridized carbons (Fsp3) is 0.122. The number of rotatable bonds is 4. The predicted molar refractivity (Wildman–Crippen MR) is 286 cm³/mol. The number of aromatic nitrogens is 2. The number of anilines is 1. The molecule has 17 nitrogen and oxygen atoms in total. The molecule has 0 aliphatic carbocycles. The zero-order valence-corrected chi connectivity index (χ0v) is 47.2. The van der Waals surface area contributed by atoms with E-state index in [1.54, 1.807) is 23.5 Å². The number of nitrogens with zero attached hydrogens (tertiary/aromatic N) is 7. The van der Waals surface area contributed by atoms with Crippen LogP contribution >= 0.6 is 46.3 Å². The first kappa shape index (κ1) is 51.8. The van der Waals surface area contributed by atoms with Crippen molar-refractivity contribution in [1.29, 1.82) is 0 Å². The Labute approximate surface area is 434 Å².